The number of fused-ring (bicyclic) bond motifs is 1. The van der Waals surface area contributed by atoms with Crippen LogP contribution in [0.2, 0.25) is 0 Å². The van der Waals surface area contributed by atoms with Crippen molar-refractivity contribution in [1.29, 1.82) is 0 Å². The van der Waals surface area contributed by atoms with Crippen LogP contribution in [-0.4, -0.2) is 39.4 Å². The van der Waals surface area contributed by atoms with Crippen LogP contribution in [0, 0.1) is 0 Å². The normalized spacial score (nSPS) is 11.3. The average molecular weight is 452 g/mol. The molecule has 4 rings (SSSR count). The molecule has 0 aliphatic rings. The summed E-state index contributed by atoms with van der Waals surface area (Å²) in [6, 6.07) is 11.9. The Balaban J connectivity index is 1.80. The van der Waals surface area contributed by atoms with Crippen molar-refractivity contribution in [2.45, 2.75) is 19.4 Å². The number of halogens is 2. The zero-order valence-electron chi connectivity index (χ0n) is 17.8. The van der Waals surface area contributed by atoms with E-state index in [1.165, 1.54) is 10.8 Å². The predicted octanol–water partition coefficient (Wildman–Crippen LogP) is 3.27. The molecule has 0 saturated carbocycles. The molecule has 2 aromatic heterocycles. The molecule has 0 aliphatic heterocycles. The van der Waals surface area contributed by atoms with E-state index in [9.17, 15) is 23.5 Å². The summed E-state index contributed by atoms with van der Waals surface area (Å²) in [5.74, 6) is -0.223. The van der Waals surface area contributed by atoms with E-state index >= 15 is 0 Å². The molecule has 33 heavy (non-hydrogen) atoms. The molecule has 0 unspecified atom stereocenters. The van der Waals surface area contributed by atoms with Gasteiger partial charge < -0.3 is 15.0 Å². The van der Waals surface area contributed by atoms with Gasteiger partial charge in [-0.3, -0.25) is 14.7 Å². The minimum atomic E-state index is -2.71. The Morgan fingerprint density at radius 3 is 2.76 bits per heavy atom. The van der Waals surface area contributed by atoms with Crippen LogP contribution in [0.1, 0.15) is 33.6 Å². The van der Waals surface area contributed by atoms with Gasteiger partial charge in [-0.2, -0.15) is 5.10 Å². The van der Waals surface area contributed by atoms with Gasteiger partial charge in [0.2, 0.25) is 0 Å². The van der Waals surface area contributed by atoms with E-state index < -0.39 is 6.43 Å². The van der Waals surface area contributed by atoms with E-state index in [0.29, 0.717) is 27.5 Å². The molecular weight excluding hydrogens is 430 g/mol. The monoisotopic (exact) mass is 452 g/mol. The number of alkyl halides is 2. The zero-order chi connectivity index (χ0) is 23.5. The van der Waals surface area contributed by atoms with Crippen LogP contribution in [0.4, 0.5) is 8.78 Å². The lowest BCUT2D eigenvalue weighted by molar-refractivity contribution is 0.0963. The second-order valence-electron chi connectivity index (χ2n) is 7.60. The van der Waals surface area contributed by atoms with Crippen molar-refractivity contribution >= 4 is 16.7 Å². The van der Waals surface area contributed by atoms with Crippen molar-refractivity contribution < 1.29 is 18.7 Å². The number of hydrogen-bond acceptors (Lipinski definition) is 4. The third-order valence-corrected chi connectivity index (χ3v) is 5.52. The van der Waals surface area contributed by atoms with E-state index in [0.717, 1.165) is 5.56 Å². The molecule has 2 aromatic carbocycles. The fraction of sp³-hybridized carbons (Fsp3) is 0.208. The van der Waals surface area contributed by atoms with Gasteiger partial charge in [-0.1, -0.05) is 18.2 Å². The first-order chi connectivity index (χ1) is 15.9. The van der Waals surface area contributed by atoms with E-state index in [-0.39, 0.29) is 42.3 Å². The van der Waals surface area contributed by atoms with Crippen molar-refractivity contribution in [1.82, 2.24) is 20.1 Å². The first-order valence-electron chi connectivity index (χ1n) is 10.3. The maximum absolute atomic E-state index is 13.3. The third kappa shape index (κ3) is 4.40. The molecule has 0 aliphatic carbocycles. The number of aromatic amines is 1. The number of pyridine rings is 1. The molecule has 0 saturated heterocycles. The number of aliphatic hydroxyl groups is 1. The molecule has 3 N–H and O–H groups in total. The molecule has 2 heterocycles. The number of nitrogens with one attached hydrogen (secondary N) is 2. The van der Waals surface area contributed by atoms with E-state index in [1.54, 1.807) is 49.6 Å². The van der Waals surface area contributed by atoms with Gasteiger partial charge in [-0.05, 0) is 52.8 Å². The number of aliphatic hydroxyl groups excluding tert-OH is 1. The largest absolute Gasteiger partial charge is 0.396 e. The Morgan fingerprint density at radius 1 is 1.21 bits per heavy atom. The number of nitrogens with zero attached hydrogens (tertiary/aromatic N) is 2. The molecule has 0 radical (unpaired) electrons. The molecule has 7 nitrogen and oxygen atoms in total. The summed E-state index contributed by atoms with van der Waals surface area (Å²) >= 11 is 0. The Bertz CT molecular complexity index is 1380. The number of carbonyl (C=O) groups is 1. The van der Waals surface area contributed by atoms with Crippen molar-refractivity contribution in [2.24, 2.45) is 0 Å². The number of amides is 1. The molecular formula is C24H22F2N4O3. The highest BCUT2D eigenvalue weighted by Crippen LogP contribution is 2.31. The third-order valence-electron chi connectivity index (χ3n) is 5.52. The van der Waals surface area contributed by atoms with Crippen molar-refractivity contribution in [3.05, 3.63) is 87.6 Å². The standard InChI is InChI=1S/C24H22F2N4O3/c1-27-23(32)16-4-2-3-14(9-16)12-30-13-17(7-8-31)19-10-15(5-6-18(19)24(30)33)20-11-28-29-21(20)22(25)26/h2-6,9-11,13,22,31H,7-8,12H2,1H3,(H,27,32)(H,28,29). The maximum Gasteiger partial charge on any atom is 0.280 e. The summed E-state index contributed by atoms with van der Waals surface area (Å²) < 4.78 is 28.1. The van der Waals surface area contributed by atoms with Crippen LogP contribution in [0.25, 0.3) is 21.9 Å². The van der Waals surface area contributed by atoms with Crippen LogP contribution in [0.3, 0.4) is 0 Å². The summed E-state index contributed by atoms with van der Waals surface area (Å²) in [6.45, 7) is 0.0920. The predicted molar refractivity (Wildman–Crippen MR) is 120 cm³/mol. The van der Waals surface area contributed by atoms with E-state index in [2.05, 4.69) is 15.5 Å². The minimum absolute atomic E-state index is 0.141. The number of hydrogen-bond donors (Lipinski definition) is 3. The van der Waals surface area contributed by atoms with Gasteiger partial charge in [0.1, 0.15) is 5.69 Å². The number of carbonyl (C=O) groups excluding carboxylic acids is 1. The fourth-order valence-electron chi connectivity index (χ4n) is 3.92. The zero-order valence-corrected chi connectivity index (χ0v) is 17.8. The fourth-order valence-corrected chi connectivity index (χ4v) is 3.92. The van der Waals surface area contributed by atoms with Gasteiger partial charge in [0, 0.05) is 36.4 Å². The molecule has 9 heteroatoms. The highest BCUT2D eigenvalue weighted by atomic mass is 19.3. The van der Waals surface area contributed by atoms with Crippen molar-refractivity contribution in [3.63, 3.8) is 0 Å². The van der Waals surface area contributed by atoms with Crippen LogP contribution >= 0.6 is 0 Å². The topological polar surface area (TPSA) is 100 Å². The maximum atomic E-state index is 13.3. The van der Waals surface area contributed by atoms with Crippen LogP contribution in [-0.2, 0) is 13.0 Å². The van der Waals surface area contributed by atoms with Crippen LogP contribution in [0.15, 0.2) is 59.7 Å². The van der Waals surface area contributed by atoms with Crippen molar-refractivity contribution in [3.8, 4) is 11.1 Å². The van der Waals surface area contributed by atoms with Crippen molar-refractivity contribution in [2.75, 3.05) is 13.7 Å². The lowest BCUT2D eigenvalue weighted by Crippen LogP contribution is -2.22. The Morgan fingerprint density at radius 2 is 2.03 bits per heavy atom. The lowest BCUT2D eigenvalue weighted by Gasteiger charge is -2.14. The van der Waals surface area contributed by atoms with Gasteiger partial charge >= 0.3 is 0 Å². The van der Waals surface area contributed by atoms with Gasteiger partial charge in [0.15, 0.2) is 0 Å². The summed E-state index contributed by atoms with van der Waals surface area (Å²) in [4.78, 5) is 25.2. The smallest absolute Gasteiger partial charge is 0.280 e. The van der Waals surface area contributed by atoms with Crippen LogP contribution < -0.4 is 10.9 Å². The van der Waals surface area contributed by atoms with Gasteiger partial charge in [-0.15, -0.1) is 0 Å². The average Bonchev–Trinajstić information content (AvgIpc) is 3.32. The molecule has 170 valence electrons. The molecule has 0 spiro atoms. The highest BCUT2D eigenvalue weighted by Gasteiger charge is 2.18. The lowest BCUT2D eigenvalue weighted by atomic mass is 9.98. The summed E-state index contributed by atoms with van der Waals surface area (Å²) in [5, 5.41) is 19.2. The minimum Gasteiger partial charge on any atom is -0.396 e. The molecule has 4 aromatic rings. The first-order valence-corrected chi connectivity index (χ1v) is 10.3. The second-order valence-corrected chi connectivity index (χ2v) is 7.60. The SMILES string of the molecule is CNC(=O)c1cccc(Cn2cc(CCO)c3cc(-c4cn[nH]c4C(F)F)ccc3c2=O)c1. The second kappa shape index (κ2) is 9.33. The molecule has 1 amide bonds. The first kappa shape index (κ1) is 22.3. The molecule has 0 atom stereocenters. The number of rotatable bonds is 7. The Kier molecular flexibility index (Phi) is 6.32. The van der Waals surface area contributed by atoms with Crippen LogP contribution in [0.5, 0.6) is 0 Å². The molecule has 0 bridgehead atoms. The van der Waals surface area contributed by atoms with Gasteiger partial charge in [0.25, 0.3) is 17.9 Å². The quantitative estimate of drug-likeness (QED) is 0.401. The number of aromatic nitrogens is 3. The molecule has 0 fully saturated rings. The number of benzene rings is 2. The summed E-state index contributed by atoms with van der Waals surface area (Å²) in [5.41, 5.74) is 2.17. The number of H-pyrrole nitrogens is 1. The Hall–Kier alpha value is -3.85. The highest BCUT2D eigenvalue weighted by molar-refractivity contribution is 5.94. The van der Waals surface area contributed by atoms with Gasteiger partial charge in [-0.25, -0.2) is 8.78 Å². The Labute approximate surface area is 187 Å². The van der Waals surface area contributed by atoms with E-state index in [1.807, 2.05) is 6.07 Å². The summed E-state index contributed by atoms with van der Waals surface area (Å²) in [6.07, 6.45) is 0.565. The van der Waals surface area contributed by atoms with E-state index in [4.69, 9.17) is 0 Å². The van der Waals surface area contributed by atoms with Gasteiger partial charge in [0.05, 0.1) is 12.7 Å². The summed E-state index contributed by atoms with van der Waals surface area (Å²) in [7, 11) is 1.55.